The predicted octanol–water partition coefficient (Wildman–Crippen LogP) is 3.29. The highest BCUT2D eigenvalue weighted by Crippen LogP contribution is 2.29. The van der Waals surface area contributed by atoms with E-state index in [1.165, 1.54) is 38.5 Å². The largest absolute Gasteiger partial charge is 0.511 e. The molecule has 0 rings (SSSR count). The second-order valence-electron chi connectivity index (χ2n) is 5.56. The molecule has 0 saturated heterocycles. The molecule has 0 bridgehead atoms. The van der Waals surface area contributed by atoms with Crippen LogP contribution in [0.5, 0.6) is 0 Å². The smallest absolute Gasteiger partial charge is 0.373 e. The van der Waals surface area contributed by atoms with Crippen LogP contribution in [0, 0.1) is 0 Å². The first-order valence-electron chi connectivity index (χ1n) is 9.07. The molecule has 0 saturated carbocycles. The molecular weight excluding hydrogens is 324 g/mol. The van der Waals surface area contributed by atoms with Crippen LogP contribution in [0.2, 0.25) is 5.54 Å². The number of hydrogen-bond acceptors (Lipinski definition) is 4. The van der Waals surface area contributed by atoms with E-state index >= 15 is 0 Å². The summed E-state index contributed by atoms with van der Waals surface area (Å²) in [6.07, 6.45) is 10.5. The first-order valence-corrected chi connectivity index (χ1v) is 10.9. The average Bonchev–Trinajstić information content (AvgIpc) is 2.51. The summed E-state index contributed by atoms with van der Waals surface area (Å²) in [6, 6.07) is 0. The Bertz CT molecular complexity index is 248. The fourth-order valence-electron chi connectivity index (χ4n) is 2.70. The molecule has 4 nitrogen and oxygen atoms in total. The molecule has 0 N–H and O–H groups in total. The van der Waals surface area contributed by atoms with Crippen molar-refractivity contribution < 1.29 is 18.1 Å². The maximum absolute atomic E-state index is 11.6. The van der Waals surface area contributed by atoms with E-state index in [1.807, 2.05) is 20.8 Å². The van der Waals surface area contributed by atoms with Crippen molar-refractivity contribution in [2.75, 3.05) is 19.8 Å². The molecule has 0 aromatic rings. The van der Waals surface area contributed by atoms with Crippen LogP contribution in [0.4, 0.5) is 0 Å². The molecule has 1 atom stereocenters. The Labute approximate surface area is 149 Å². The Morgan fingerprint density at radius 3 is 1.61 bits per heavy atom. The van der Waals surface area contributed by atoms with E-state index in [-0.39, 0.29) is 16.5 Å². The fourth-order valence-corrected chi connectivity index (χ4v) is 5.52. The molecule has 0 fully saturated rings. The van der Waals surface area contributed by atoms with Crippen LogP contribution in [-0.4, -0.2) is 45.9 Å². The van der Waals surface area contributed by atoms with Crippen LogP contribution in [-0.2, 0) is 18.1 Å². The van der Waals surface area contributed by atoms with Crippen molar-refractivity contribution in [3.63, 3.8) is 0 Å². The van der Waals surface area contributed by atoms with Crippen LogP contribution in [0.15, 0.2) is 0 Å². The summed E-state index contributed by atoms with van der Waals surface area (Å²) >= 11 is 0. The summed E-state index contributed by atoms with van der Waals surface area (Å²) in [5, 5.41) is 0. The Morgan fingerprint density at radius 2 is 1.22 bits per heavy atom. The van der Waals surface area contributed by atoms with Crippen molar-refractivity contribution in [1.29, 1.82) is 0 Å². The van der Waals surface area contributed by atoms with Gasteiger partial charge in [-0.1, -0.05) is 51.9 Å². The van der Waals surface area contributed by atoms with Crippen LogP contribution in [0.25, 0.3) is 0 Å². The second-order valence-corrected chi connectivity index (χ2v) is 8.37. The van der Waals surface area contributed by atoms with E-state index in [9.17, 15) is 4.79 Å². The van der Waals surface area contributed by atoms with Gasteiger partial charge in [0.05, 0.1) is 5.54 Å². The number of rotatable bonds is 16. The van der Waals surface area contributed by atoms with E-state index in [0.29, 0.717) is 19.8 Å². The van der Waals surface area contributed by atoms with Crippen molar-refractivity contribution in [1.82, 2.24) is 0 Å². The molecule has 6 heteroatoms. The van der Waals surface area contributed by atoms with E-state index in [4.69, 9.17) is 13.3 Å². The zero-order valence-corrected chi connectivity index (χ0v) is 16.1. The third-order valence-electron chi connectivity index (χ3n) is 3.77. The Hall–Kier alpha value is -0.0162. The van der Waals surface area contributed by atoms with Crippen LogP contribution in [0.3, 0.4) is 0 Å². The summed E-state index contributed by atoms with van der Waals surface area (Å²) in [6.45, 7) is 9.57. The zero-order chi connectivity index (χ0) is 16.7. The van der Waals surface area contributed by atoms with Crippen molar-refractivity contribution in [2.24, 2.45) is 0 Å². The van der Waals surface area contributed by atoms with Crippen molar-refractivity contribution >= 4 is 26.1 Å². The highest BCUT2D eigenvalue weighted by Gasteiger charge is 2.48. The fraction of sp³-hybridized carbons (Fsp3) is 0.941. The van der Waals surface area contributed by atoms with Gasteiger partial charge in [0.1, 0.15) is 6.29 Å². The quantitative estimate of drug-likeness (QED) is 0.239. The van der Waals surface area contributed by atoms with Gasteiger partial charge in [0.2, 0.25) is 0 Å². The molecular formula is C17H40O4Si2. The van der Waals surface area contributed by atoms with E-state index in [2.05, 4.69) is 6.92 Å². The Kier molecular flexibility index (Phi) is 18.5. The molecule has 0 aromatic carbocycles. The first kappa shape index (κ1) is 25.2. The molecule has 0 aromatic heterocycles. The molecule has 0 radical (unpaired) electrons. The molecule has 1 unspecified atom stereocenters. The van der Waals surface area contributed by atoms with Crippen LogP contribution < -0.4 is 0 Å². The monoisotopic (exact) mass is 364 g/mol. The minimum absolute atomic E-state index is 0. The minimum Gasteiger partial charge on any atom is -0.373 e. The van der Waals surface area contributed by atoms with Crippen molar-refractivity contribution in [3.05, 3.63) is 0 Å². The SMILES string of the molecule is CCCCCCCCCC(C=O)[Si](OCC)(OCC)OCC.[SiH4]. The van der Waals surface area contributed by atoms with Crippen molar-refractivity contribution in [3.8, 4) is 0 Å². The molecule has 0 aliphatic heterocycles. The summed E-state index contributed by atoms with van der Waals surface area (Å²) in [5.74, 6) is 0. The molecule has 0 heterocycles. The van der Waals surface area contributed by atoms with Gasteiger partial charge in [-0.25, -0.2) is 0 Å². The average molecular weight is 365 g/mol. The lowest BCUT2D eigenvalue weighted by molar-refractivity contribution is -0.109. The molecule has 0 aliphatic carbocycles. The van der Waals surface area contributed by atoms with Crippen molar-refractivity contribution in [2.45, 2.75) is 84.6 Å². The van der Waals surface area contributed by atoms with Crippen LogP contribution >= 0.6 is 0 Å². The van der Waals surface area contributed by atoms with Crippen LogP contribution in [0.1, 0.15) is 79.1 Å². The number of unbranched alkanes of at least 4 members (excludes halogenated alkanes) is 6. The van der Waals surface area contributed by atoms with Gasteiger partial charge >= 0.3 is 8.80 Å². The van der Waals surface area contributed by atoms with Gasteiger partial charge in [-0.2, -0.15) is 0 Å². The predicted molar refractivity (Wildman–Crippen MR) is 104 cm³/mol. The summed E-state index contributed by atoms with van der Waals surface area (Å²) < 4.78 is 17.5. The lowest BCUT2D eigenvalue weighted by Gasteiger charge is -2.32. The number of aldehydes is 1. The number of hydrogen-bond donors (Lipinski definition) is 0. The van der Waals surface area contributed by atoms with Gasteiger partial charge < -0.3 is 18.1 Å². The zero-order valence-electron chi connectivity index (χ0n) is 15.1. The molecule has 23 heavy (non-hydrogen) atoms. The lowest BCUT2D eigenvalue weighted by Crippen LogP contribution is -2.51. The number of carbonyl (C=O) groups excluding carboxylic acids is 1. The van der Waals surface area contributed by atoms with Gasteiger partial charge in [0.15, 0.2) is 0 Å². The summed E-state index contributed by atoms with van der Waals surface area (Å²) in [4.78, 5) is 11.6. The summed E-state index contributed by atoms with van der Waals surface area (Å²) in [7, 11) is -2.87. The van der Waals surface area contributed by atoms with Gasteiger partial charge in [-0.15, -0.1) is 0 Å². The molecule has 0 spiro atoms. The molecule has 0 aliphatic rings. The maximum atomic E-state index is 11.6. The highest BCUT2D eigenvalue weighted by atomic mass is 28.4. The van der Waals surface area contributed by atoms with E-state index < -0.39 is 8.80 Å². The van der Waals surface area contributed by atoms with Gasteiger partial charge in [0, 0.05) is 19.8 Å². The minimum atomic E-state index is -2.87. The maximum Gasteiger partial charge on any atom is 0.511 e. The Morgan fingerprint density at radius 1 is 0.783 bits per heavy atom. The van der Waals surface area contributed by atoms with E-state index in [1.54, 1.807) is 0 Å². The van der Waals surface area contributed by atoms with E-state index in [0.717, 1.165) is 19.1 Å². The topological polar surface area (TPSA) is 44.8 Å². The normalized spacial score (nSPS) is 12.7. The molecule has 0 amide bonds. The standard InChI is InChI=1S/C17H36O4Si.H4Si/c1-5-9-10-11-12-13-14-15-17(16-18)22(19-6-2,20-7-3)21-8-4;/h16-17H,5-15H2,1-4H3;1H4. The molecule has 140 valence electrons. The van der Waals surface area contributed by atoms with Gasteiger partial charge in [0.25, 0.3) is 0 Å². The lowest BCUT2D eigenvalue weighted by atomic mass is 10.1. The Balaban J connectivity index is 0. The second kappa shape index (κ2) is 16.8. The third-order valence-corrected chi connectivity index (χ3v) is 7.18. The highest BCUT2D eigenvalue weighted by molar-refractivity contribution is 6.65. The van der Waals surface area contributed by atoms with Gasteiger partial charge in [-0.3, -0.25) is 0 Å². The third kappa shape index (κ3) is 10.5. The van der Waals surface area contributed by atoms with Gasteiger partial charge in [-0.05, 0) is 38.2 Å². The number of carbonyl (C=O) groups is 1. The first-order chi connectivity index (χ1) is 10.7. The summed E-state index contributed by atoms with van der Waals surface area (Å²) in [5.41, 5.74) is -0.233.